The lowest BCUT2D eigenvalue weighted by Crippen LogP contribution is -2.47. The van der Waals surface area contributed by atoms with Crippen LogP contribution < -0.4 is 26.9 Å². The molecule has 0 bridgehead atoms. The normalized spacial score (nSPS) is 9.75. The number of thiocarbonyl (C=S) groups is 1. The van der Waals surface area contributed by atoms with Crippen LogP contribution in [-0.2, 0) is 6.61 Å². The van der Waals surface area contributed by atoms with Crippen molar-refractivity contribution in [2.45, 2.75) is 6.61 Å². The SMILES string of the molecule is COc1cccc(N(N)C(=S)NN)c1CO. The number of nitrogens with two attached hydrogens (primary N) is 2. The molecular formula is C9H14N4O2S. The van der Waals surface area contributed by atoms with E-state index in [1.807, 2.05) is 0 Å². The van der Waals surface area contributed by atoms with Gasteiger partial charge in [0.15, 0.2) is 0 Å². The van der Waals surface area contributed by atoms with Gasteiger partial charge in [0.1, 0.15) is 5.75 Å². The van der Waals surface area contributed by atoms with E-state index in [-0.39, 0.29) is 11.7 Å². The molecule has 0 spiro atoms. The fourth-order valence-electron chi connectivity index (χ4n) is 1.31. The van der Waals surface area contributed by atoms with Crippen molar-refractivity contribution < 1.29 is 9.84 Å². The molecule has 0 saturated carbocycles. The second-order valence-corrected chi connectivity index (χ2v) is 3.32. The third kappa shape index (κ3) is 2.39. The van der Waals surface area contributed by atoms with E-state index in [1.54, 1.807) is 18.2 Å². The molecule has 0 aliphatic rings. The number of hydrogen-bond acceptors (Lipinski definition) is 5. The predicted octanol–water partition coefficient (Wildman–Crippen LogP) is -0.384. The molecule has 0 radical (unpaired) electrons. The van der Waals surface area contributed by atoms with Gasteiger partial charge in [0.05, 0.1) is 19.4 Å². The first-order valence-corrected chi connectivity index (χ1v) is 4.88. The average molecular weight is 242 g/mol. The number of anilines is 1. The van der Waals surface area contributed by atoms with E-state index in [0.717, 1.165) is 0 Å². The van der Waals surface area contributed by atoms with Crippen molar-refractivity contribution in [2.24, 2.45) is 11.7 Å². The summed E-state index contributed by atoms with van der Waals surface area (Å²) < 4.78 is 5.10. The van der Waals surface area contributed by atoms with Gasteiger partial charge in [0.25, 0.3) is 0 Å². The zero-order valence-corrected chi connectivity index (χ0v) is 9.62. The fraction of sp³-hybridized carbons (Fsp3) is 0.222. The largest absolute Gasteiger partial charge is 0.496 e. The number of aliphatic hydroxyl groups is 1. The number of methoxy groups -OCH3 is 1. The molecule has 1 aromatic carbocycles. The Labute approximate surface area is 98.7 Å². The lowest BCUT2D eigenvalue weighted by atomic mass is 10.1. The molecule has 88 valence electrons. The van der Waals surface area contributed by atoms with E-state index >= 15 is 0 Å². The van der Waals surface area contributed by atoms with Crippen LogP contribution in [0.15, 0.2) is 18.2 Å². The van der Waals surface area contributed by atoms with Crippen molar-refractivity contribution in [1.82, 2.24) is 5.43 Å². The molecule has 1 aromatic rings. The van der Waals surface area contributed by atoms with E-state index < -0.39 is 0 Å². The van der Waals surface area contributed by atoms with Gasteiger partial charge >= 0.3 is 0 Å². The van der Waals surface area contributed by atoms with Gasteiger partial charge in [-0.2, -0.15) is 0 Å². The maximum absolute atomic E-state index is 9.28. The van der Waals surface area contributed by atoms with E-state index in [4.69, 9.17) is 28.6 Å². The van der Waals surface area contributed by atoms with Gasteiger partial charge in [-0.25, -0.2) is 11.7 Å². The Kier molecular flexibility index (Phi) is 4.44. The molecule has 0 heterocycles. The number of nitrogens with one attached hydrogen (secondary N) is 1. The van der Waals surface area contributed by atoms with Gasteiger partial charge in [0, 0.05) is 5.56 Å². The van der Waals surface area contributed by atoms with Gasteiger partial charge in [0.2, 0.25) is 5.11 Å². The summed E-state index contributed by atoms with van der Waals surface area (Å²) in [6.45, 7) is -0.208. The van der Waals surface area contributed by atoms with Crippen LogP contribution in [0.3, 0.4) is 0 Å². The van der Waals surface area contributed by atoms with Crippen LogP contribution in [0.1, 0.15) is 5.56 Å². The van der Waals surface area contributed by atoms with Crippen molar-refractivity contribution in [1.29, 1.82) is 0 Å². The fourth-order valence-corrected chi connectivity index (χ4v) is 1.41. The standard InChI is InChI=1S/C9H14N4O2S/c1-15-8-4-2-3-7(6(8)5-14)13(11)9(16)12-10/h2-4,14H,5,10-11H2,1H3,(H,12,16). The maximum Gasteiger partial charge on any atom is 0.202 e. The van der Waals surface area contributed by atoms with Crippen LogP contribution in [0.5, 0.6) is 5.75 Å². The first-order chi connectivity index (χ1) is 7.65. The van der Waals surface area contributed by atoms with Crippen LogP contribution in [0, 0.1) is 0 Å². The van der Waals surface area contributed by atoms with Gasteiger partial charge in [-0.3, -0.25) is 10.4 Å². The van der Waals surface area contributed by atoms with Crippen LogP contribution in [0.2, 0.25) is 0 Å². The van der Waals surface area contributed by atoms with Crippen molar-refractivity contribution in [2.75, 3.05) is 12.1 Å². The highest BCUT2D eigenvalue weighted by Crippen LogP contribution is 2.27. The molecule has 0 aliphatic carbocycles. The molecule has 16 heavy (non-hydrogen) atoms. The molecule has 0 amide bonds. The van der Waals surface area contributed by atoms with Crippen molar-refractivity contribution in [3.8, 4) is 5.75 Å². The number of rotatable bonds is 3. The van der Waals surface area contributed by atoms with Crippen LogP contribution in [0.4, 0.5) is 5.69 Å². The Balaban J connectivity index is 3.17. The highest BCUT2D eigenvalue weighted by Gasteiger charge is 2.14. The number of benzene rings is 1. The van der Waals surface area contributed by atoms with Crippen LogP contribution >= 0.6 is 12.2 Å². The highest BCUT2D eigenvalue weighted by atomic mass is 32.1. The number of hydrogen-bond donors (Lipinski definition) is 4. The van der Waals surface area contributed by atoms with Gasteiger partial charge < -0.3 is 9.84 Å². The summed E-state index contributed by atoms with van der Waals surface area (Å²) in [5.41, 5.74) is 3.34. The summed E-state index contributed by atoms with van der Waals surface area (Å²) in [5.74, 6) is 11.4. The monoisotopic (exact) mass is 242 g/mol. The zero-order valence-electron chi connectivity index (χ0n) is 8.80. The molecule has 0 aromatic heterocycles. The molecule has 0 saturated heterocycles. The Hall–Kier alpha value is -1.41. The smallest absolute Gasteiger partial charge is 0.202 e. The lowest BCUT2D eigenvalue weighted by molar-refractivity contribution is 0.274. The summed E-state index contributed by atoms with van der Waals surface area (Å²) >= 11 is 4.89. The molecule has 7 heteroatoms. The Morgan fingerprint density at radius 1 is 1.62 bits per heavy atom. The molecule has 6 nitrogen and oxygen atoms in total. The van der Waals surface area contributed by atoms with E-state index in [2.05, 4.69) is 5.43 Å². The molecule has 0 unspecified atom stereocenters. The summed E-state index contributed by atoms with van der Waals surface area (Å²) in [6.07, 6.45) is 0. The van der Waals surface area contributed by atoms with E-state index in [1.165, 1.54) is 12.1 Å². The minimum atomic E-state index is -0.208. The first-order valence-electron chi connectivity index (χ1n) is 4.47. The highest BCUT2D eigenvalue weighted by molar-refractivity contribution is 7.80. The summed E-state index contributed by atoms with van der Waals surface area (Å²) in [6, 6.07) is 5.17. The second kappa shape index (κ2) is 5.61. The number of hydrazine groups is 2. The van der Waals surface area contributed by atoms with E-state index in [0.29, 0.717) is 17.0 Å². The third-order valence-electron chi connectivity index (χ3n) is 2.09. The average Bonchev–Trinajstić information content (AvgIpc) is 2.35. The molecule has 6 N–H and O–H groups in total. The Bertz CT molecular complexity index is 386. The quantitative estimate of drug-likeness (QED) is 0.326. The molecule has 0 atom stereocenters. The first kappa shape index (κ1) is 12.7. The number of ether oxygens (including phenoxy) is 1. The molecule has 1 rings (SSSR count). The number of aliphatic hydroxyl groups excluding tert-OH is 1. The van der Waals surface area contributed by atoms with E-state index in [9.17, 15) is 5.11 Å². The predicted molar refractivity (Wildman–Crippen MR) is 65.5 cm³/mol. The second-order valence-electron chi connectivity index (χ2n) is 2.94. The van der Waals surface area contributed by atoms with Gasteiger partial charge in [-0.1, -0.05) is 6.07 Å². The Morgan fingerprint density at radius 2 is 2.31 bits per heavy atom. The van der Waals surface area contributed by atoms with Gasteiger partial charge in [-0.05, 0) is 24.4 Å². The number of nitrogens with zero attached hydrogens (tertiary/aromatic N) is 1. The van der Waals surface area contributed by atoms with Gasteiger partial charge in [-0.15, -0.1) is 0 Å². The maximum atomic E-state index is 9.28. The van der Waals surface area contributed by atoms with Crippen LogP contribution in [0.25, 0.3) is 0 Å². The summed E-state index contributed by atoms with van der Waals surface area (Å²) in [7, 11) is 1.51. The van der Waals surface area contributed by atoms with Crippen molar-refractivity contribution in [3.63, 3.8) is 0 Å². The van der Waals surface area contributed by atoms with Crippen molar-refractivity contribution in [3.05, 3.63) is 23.8 Å². The minimum Gasteiger partial charge on any atom is -0.496 e. The van der Waals surface area contributed by atoms with Crippen molar-refractivity contribution >= 4 is 23.0 Å². The molecular weight excluding hydrogens is 228 g/mol. The molecule has 0 fully saturated rings. The third-order valence-corrected chi connectivity index (χ3v) is 2.40. The minimum absolute atomic E-state index is 0.142. The zero-order chi connectivity index (χ0) is 12.1. The topological polar surface area (TPSA) is 96.8 Å². The lowest BCUT2D eigenvalue weighted by Gasteiger charge is -2.22. The summed E-state index contributed by atoms with van der Waals surface area (Å²) in [5, 5.41) is 10.6. The Morgan fingerprint density at radius 3 is 2.81 bits per heavy atom. The summed E-state index contributed by atoms with van der Waals surface area (Å²) in [4.78, 5) is 0. The van der Waals surface area contributed by atoms with Crippen LogP contribution in [-0.4, -0.2) is 17.3 Å². The molecule has 0 aliphatic heterocycles.